The summed E-state index contributed by atoms with van der Waals surface area (Å²) in [5.41, 5.74) is 5.35. The normalized spacial score (nSPS) is 26.2. The number of aromatic nitrogens is 2. The van der Waals surface area contributed by atoms with Crippen LogP contribution in [0.4, 0.5) is 21.6 Å². The fourth-order valence-corrected chi connectivity index (χ4v) is 8.49. The summed E-state index contributed by atoms with van der Waals surface area (Å²) in [6, 6.07) is 4.89. The first-order chi connectivity index (χ1) is 24.5. The van der Waals surface area contributed by atoms with E-state index in [2.05, 4.69) is 68.5 Å². The van der Waals surface area contributed by atoms with Crippen LogP contribution in [0.25, 0.3) is 0 Å². The van der Waals surface area contributed by atoms with Gasteiger partial charge in [0.2, 0.25) is 0 Å². The zero-order valence-corrected chi connectivity index (χ0v) is 32.4. The van der Waals surface area contributed by atoms with Crippen LogP contribution in [-0.2, 0) is 23.1 Å². The standard InChI is InChI=1S/C38H53FN7O3PS/c1-24(2)32-20-29(14-16-40-32)49-35-19-25(3)33(21-31(35)27-13-17-42-51(47)18-15-27)43-34-22-41-45(5)38(34)46-28-9-11-36(46)44-37(12-10-28)48-23-30(50)8-6-7-26(4)39/h6-8,10,19,21-24,27,29,32,36,40,42-43H,9,11-18,20,50H2,1-5H3/b8-6-,26-7+,30-23-. The lowest BCUT2D eigenvalue weighted by Gasteiger charge is -2.34. The molecule has 2 aromatic rings. The van der Waals surface area contributed by atoms with Gasteiger partial charge in [0.15, 0.2) is 11.7 Å². The molecule has 276 valence electrons. The zero-order valence-electron chi connectivity index (χ0n) is 30.5. The molecule has 51 heavy (non-hydrogen) atoms. The molecule has 6 atom stereocenters. The number of anilines is 3. The van der Waals surface area contributed by atoms with Crippen LogP contribution in [0.3, 0.4) is 0 Å². The molecule has 1 aromatic heterocycles. The topological polar surface area (TPSA) is 111 Å². The number of ether oxygens (including phenoxy) is 2. The Kier molecular flexibility index (Phi) is 12.6. The minimum Gasteiger partial charge on any atom is -0.598 e. The summed E-state index contributed by atoms with van der Waals surface area (Å²) in [6.07, 6.45) is 16.6. The number of aryl methyl sites for hydroxylation is 2. The number of aliphatic imine (C=N–C) groups is 1. The van der Waals surface area contributed by atoms with Gasteiger partial charge in [-0.3, -0.25) is 4.68 Å². The molecule has 13 heteroatoms. The smallest absolute Gasteiger partial charge is 0.195 e. The number of allylic oxidation sites excluding steroid dienone is 6. The van der Waals surface area contributed by atoms with Crippen LogP contribution >= 0.6 is 9.24 Å². The molecule has 3 saturated heterocycles. The van der Waals surface area contributed by atoms with Gasteiger partial charge in [-0.25, -0.2) is 9.38 Å². The van der Waals surface area contributed by atoms with E-state index >= 15 is 0 Å². The van der Waals surface area contributed by atoms with E-state index in [1.54, 1.807) is 18.4 Å². The van der Waals surface area contributed by atoms with Crippen molar-refractivity contribution in [3.8, 4) is 5.75 Å². The number of benzene rings is 1. The lowest BCUT2D eigenvalue weighted by atomic mass is 9.90. The van der Waals surface area contributed by atoms with E-state index < -0.39 is 11.4 Å². The molecule has 6 unspecified atom stereocenters. The van der Waals surface area contributed by atoms with Gasteiger partial charge in [0.05, 0.1) is 18.3 Å². The predicted octanol–water partition coefficient (Wildman–Crippen LogP) is 7.53. The van der Waals surface area contributed by atoms with E-state index in [-0.39, 0.29) is 24.0 Å². The molecule has 0 radical (unpaired) electrons. The van der Waals surface area contributed by atoms with Gasteiger partial charge >= 0.3 is 0 Å². The third-order valence-corrected chi connectivity index (χ3v) is 11.6. The molecule has 0 amide bonds. The van der Waals surface area contributed by atoms with Crippen molar-refractivity contribution >= 4 is 43.7 Å². The van der Waals surface area contributed by atoms with Crippen LogP contribution in [0, 0.1) is 12.8 Å². The number of nitrogens with one attached hydrogen (secondary N) is 3. The van der Waals surface area contributed by atoms with E-state index in [0.717, 1.165) is 78.9 Å². The second-order valence-electron chi connectivity index (χ2n) is 14.3. The van der Waals surface area contributed by atoms with Gasteiger partial charge in [-0.2, -0.15) is 5.10 Å². The van der Waals surface area contributed by atoms with Crippen LogP contribution in [0.2, 0.25) is 0 Å². The first kappa shape index (κ1) is 37.6. The predicted molar refractivity (Wildman–Crippen MR) is 209 cm³/mol. The largest absolute Gasteiger partial charge is 0.598 e. The molecule has 4 aliphatic rings. The summed E-state index contributed by atoms with van der Waals surface area (Å²) in [5, 5.41) is 12.9. The van der Waals surface area contributed by atoms with Crippen molar-refractivity contribution in [2.24, 2.45) is 18.0 Å². The Hall–Kier alpha value is -3.15. The Bertz CT molecular complexity index is 1700. The molecule has 3 fully saturated rings. The number of fused-ring (bicyclic) bond motifs is 2. The molecule has 4 aliphatic heterocycles. The molecule has 5 heterocycles. The van der Waals surface area contributed by atoms with Gasteiger partial charge < -0.3 is 29.6 Å². The van der Waals surface area contributed by atoms with Gasteiger partial charge in [0, 0.05) is 60.5 Å². The molecular formula is C38H53FN7O3PS. The maximum atomic E-state index is 13.1. The lowest BCUT2D eigenvalue weighted by molar-refractivity contribution is 0.125. The van der Waals surface area contributed by atoms with Crippen molar-refractivity contribution in [3.05, 3.63) is 76.9 Å². The summed E-state index contributed by atoms with van der Waals surface area (Å²) < 4.78 is 43.4. The average molecular weight is 738 g/mol. The SMILES string of the molecule is C\C(F)=C/C=C\C(P)=C\OC1=NC2CCC(=CC1)N2c1c(Nc2cc(C3CCN[S+]([O-])CC3)c(OC3CCNC(C(C)C)C3)cc2C)cnn1C. The quantitative estimate of drug-likeness (QED) is 0.0994. The number of piperidine rings is 1. The first-order valence-electron chi connectivity index (χ1n) is 18.2. The Morgan fingerprint density at radius 1 is 1.20 bits per heavy atom. The Balaban J connectivity index is 1.26. The highest BCUT2D eigenvalue weighted by molar-refractivity contribution is 7.89. The zero-order chi connectivity index (χ0) is 36.1. The Morgan fingerprint density at radius 2 is 2.04 bits per heavy atom. The van der Waals surface area contributed by atoms with Crippen molar-refractivity contribution in [2.75, 3.05) is 29.1 Å². The van der Waals surface area contributed by atoms with Crippen LogP contribution < -0.4 is 25.0 Å². The van der Waals surface area contributed by atoms with Crippen molar-refractivity contribution in [1.82, 2.24) is 19.8 Å². The van der Waals surface area contributed by atoms with Crippen molar-refractivity contribution in [3.63, 3.8) is 0 Å². The average Bonchev–Trinajstić information content (AvgIpc) is 3.49. The molecule has 6 rings (SSSR count). The fourth-order valence-electron chi connectivity index (χ4n) is 7.32. The van der Waals surface area contributed by atoms with E-state index in [9.17, 15) is 8.94 Å². The molecular weight excluding hydrogens is 685 g/mol. The van der Waals surface area contributed by atoms with Crippen molar-refractivity contribution in [1.29, 1.82) is 0 Å². The Labute approximate surface area is 307 Å². The van der Waals surface area contributed by atoms with Crippen molar-refractivity contribution < 1.29 is 18.4 Å². The van der Waals surface area contributed by atoms with E-state index in [1.807, 2.05) is 17.9 Å². The molecule has 0 spiro atoms. The number of hydrogen-bond donors (Lipinski definition) is 3. The second kappa shape index (κ2) is 17.1. The molecule has 0 aliphatic carbocycles. The molecule has 2 bridgehead atoms. The third kappa shape index (κ3) is 9.45. The van der Waals surface area contributed by atoms with Gasteiger partial charge in [-0.15, -0.1) is 14.0 Å². The summed E-state index contributed by atoms with van der Waals surface area (Å²) in [6.45, 7) is 9.73. The van der Waals surface area contributed by atoms with Crippen molar-refractivity contribution in [2.45, 2.75) is 96.9 Å². The minimum atomic E-state index is -1.01. The van der Waals surface area contributed by atoms with E-state index in [1.165, 1.54) is 24.3 Å². The van der Waals surface area contributed by atoms with Gasteiger partial charge in [-0.1, -0.05) is 32.1 Å². The number of halogens is 1. The lowest BCUT2D eigenvalue weighted by Crippen LogP contribution is -2.45. The summed E-state index contributed by atoms with van der Waals surface area (Å²) in [7, 11) is 4.56. The highest BCUT2D eigenvalue weighted by Crippen LogP contribution is 2.43. The molecule has 10 nitrogen and oxygen atoms in total. The number of hydrogen-bond acceptors (Lipinski definition) is 9. The molecule has 0 saturated carbocycles. The highest BCUT2D eigenvalue weighted by atomic mass is 32.2. The third-order valence-electron chi connectivity index (χ3n) is 10.1. The van der Waals surface area contributed by atoms with E-state index in [0.29, 0.717) is 36.6 Å². The number of rotatable bonds is 10. The molecule has 3 N–H and O–H groups in total. The van der Waals surface area contributed by atoms with Crippen LogP contribution in [0.15, 0.2) is 70.7 Å². The van der Waals surface area contributed by atoms with E-state index in [4.69, 9.17) is 19.6 Å². The van der Waals surface area contributed by atoms with Gasteiger partial charge in [0.25, 0.3) is 0 Å². The van der Waals surface area contributed by atoms with Crippen LogP contribution in [0.1, 0.15) is 82.8 Å². The van der Waals surface area contributed by atoms with Crippen LogP contribution in [0.5, 0.6) is 5.75 Å². The first-order valence-corrected chi connectivity index (χ1v) is 20.1. The Morgan fingerprint density at radius 3 is 2.84 bits per heavy atom. The second-order valence-corrected chi connectivity index (χ2v) is 16.3. The van der Waals surface area contributed by atoms with Crippen LogP contribution in [-0.4, -0.2) is 57.4 Å². The minimum absolute atomic E-state index is 0.134. The summed E-state index contributed by atoms with van der Waals surface area (Å²) >= 11 is -1.01. The fraction of sp³-hybridized carbons (Fsp3) is 0.526. The maximum absolute atomic E-state index is 13.1. The van der Waals surface area contributed by atoms with Gasteiger partial charge in [-0.05, 0) is 93.7 Å². The van der Waals surface area contributed by atoms with Gasteiger partial charge in [0.1, 0.15) is 29.5 Å². The highest BCUT2D eigenvalue weighted by Gasteiger charge is 2.35. The monoisotopic (exact) mass is 737 g/mol. The summed E-state index contributed by atoms with van der Waals surface area (Å²) in [4.78, 5) is 7.30. The maximum Gasteiger partial charge on any atom is 0.195 e. The number of nitrogens with zero attached hydrogens (tertiary/aromatic N) is 4. The molecule has 1 aromatic carbocycles. The summed E-state index contributed by atoms with van der Waals surface area (Å²) in [5.74, 6) is 3.66.